The summed E-state index contributed by atoms with van der Waals surface area (Å²) >= 11 is 0. The third-order valence-electron chi connectivity index (χ3n) is 10.8. The van der Waals surface area contributed by atoms with Crippen LogP contribution in [0.15, 0.2) is 180 Å². The molecule has 49 heavy (non-hydrogen) atoms. The van der Waals surface area contributed by atoms with E-state index in [0.717, 1.165) is 28.4 Å². The van der Waals surface area contributed by atoms with Crippen molar-refractivity contribution >= 4 is 49.6 Å². The van der Waals surface area contributed by atoms with Crippen molar-refractivity contribution in [1.29, 1.82) is 0 Å². The van der Waals surface area contributed by atoms with E-state index >= 15 is 0 Å². The van der Waals surface area contributed by atoms with Crippen LogP contribution in [0.25, 0.3) is 54.8 Å². The number of benzene rings is 8. The minimum Gasteiger partial charge on any atom is -0.459 e. The van der Waals surface area contributed by atoms with Gasteiger partial charge in [-0.15, -0.1) is 0 Å². The number of hydrogen-bond donors (Lipinski definition) is 0. The Labute approximate surface area is 284 Å². The SMILES string of the molecule is c1ccc(N(c2ccc3c(c2)C2(c4ccccc4-3)c3ccccc3-c3c2oc2ccccc32)c2ccc3c(ccc4ccccc43)c2)cc1. The molecule has 1 heterocycles. The Kier molecular flexibility index (Phi) is 5.34. The van der Waals surface area contributed by atoms with Gasteiger partial charge in [0.2, 0.25) is 0 Å². The summed E-state index contributed by atoms with van der Waals surface area (Å²) in [6.45, 7) is 0. The summed E-state index contributed by atoms with van der Waals surface area (Å²) < 4.78 is 6.98. The fraction of sp³-hybridized carbons (Fsp3) is 0.0213. The molecule has 2 aliphatic carbocycles. The number of rotatable bonds is 3. The van der Waals surface area contributed by atoms with Crippen LogP contribution in [0.2, 0.25) is 0 Å². The molecule has 11 rings (SSSR count). The van der Waals surface area contributed by atoms with Crippen LogP contribution in [-0.4, -0.2) is 0 Å². The highest BCUT2D eigenvalue weighted by Crippen LogP contribution is 2.65. The molecule has 0 fully saturated rings. The van der Waals surface area contributed by atoms with Gasteiger partial charge in [0.1, 0.15) is 16.8 Å². The van der Waals surface area contributed by atoms with Gasteiger partial charge in [0.25, 0.3) is 0 Å². The van der Waals surface area contributed by atoms with E-state index in [4.69, 9.17) is 4.42 Å². The zero-order chi connectivity index (χ0) is 32.1. The zero-order valence-electron chi connectivity index (χ0n) is 26.6. The van der Waals surface area contributed by atoms with Gasteiger partial charge in [-0.25, -0.2) is 0 Å². The molecule has 9 aromatic rings. The Balaban J connectivity index is 1.19. The smallest absolute Gasteiger partial charge is 0.135 e. The molecule has 0 saturated carbocycles. The predicted molar refractivity (Wildman–Crippen MR) is 202 cm³/mol. The van der Waals surface area contributed by atoms with Crippen molar-refractivity contribution in [3.63, 3.8) is 0 Å². The lowest BCUT2D eigenvalue weighted by molar-refractivity contribution is 0.507. The van der Waals surface area contributed by atoms with Crippen molar-refractivity contribution in [2.45, 2.75) is 5.41 Å². The number of hydrogen-bond acceptors (Lipinski definition) is 2. The molecule has 1 unspecified atom stereocenters. The first-order valence-electron chi connectivity index (χ1n) is 16.9. The molecule has 2 heteroatoms. The topological polar surface area (TPSA) is 16.4 Å². The molecule has 2 nitrogen and oxygen atoms in total. The monoisotopic (exact) mass is 623 g/mol. The lowest BCUT2D eigenvalue weighted by atomic mass is 9.73. The Morgan fingerprint density at radius 3 is 1.88 bits per heavy atom. The third-order valence-corrected chi connectivity index (χ3v) is 10.8. The van der Waals surface area contributed by atoms with E-state index in [1.54, 1.807) is 0 Å². The fourth-order valence-corrected chi connectivity index (χ4v) is 8.83. The van der Waals surface area contributed by atoms with Crippen molar-refractivity contribution in [3.05, 3.63) is 198 Å². The number of furan rings is 1. The first-order chi connectivity index (χ1) is 24.3. The summed E-state index contributed by atoms with van der Waals surface area (Å²) in [6.07, 6.45) is 0. The van der Waals surface area contributed by atoms with Gasteiger partial charge in [-0.05, 0) is 97.4 Å². The molecule has 1 spiro atoms. The highest BCUT2D eigenvalue weighted by atomic mass is 16.3. The normalized spacial score (nSPS) is 15.4. The highest BCUT2D eigenvalue weighted by Gasteiger charge is 2.55. The number of para-hydroxylation sites is 2. The minimum absolute atomic E-state index is 0.572. The molecule has 8 aromatic carbocycles. The van der Waals surface area contributed by atoms with Crippen LogP contribution in [0.5, 0.6) is 0 Å². The molecule has 0 radical (unpaired) electrons. The Morgan fingerprint density at radius 1 is 0.388 bits per heavy atom. The maximum Gasteiger partial charge on any atom is 0.135 e. The molecule has 1 aromatic heterocycles. The quantitative estimate of drug-likeness (QED) is 0.182. The van der Waals surface area contributed by atoms with E-state index in [2.05, 4.69) is 181 Å². The molecule has 0 amide bonds. The van der Waals surface area contributed by atoms with Gasteiger partial charge in [-0.2, -0.15) is 0 Å². The number of anilines is 3. The Bertz CT molecular complexity index is 2790. The van der Waals surface area contributed by atoms with Crippen molar-refractivity contribution < 1.29 is 4.42 Å². The third kappa shape index (κ3) is 3.50. The van der Waals surface area contributed by atoms with Crippen molar-refractivity contribution in [1.82, 2.24) is 0 Å². The fourth-order valence-electron chi connectivity index (χ4n) is 8.83. The van der Waals surface area contributed by atoms with E-state index in [1.807, 2.05) is 0 Å². The van der Waals surface area contributed by atoms with E-state index in [-0.39, 0.29) is 0 Å². The van der Waals surface area contributed by atoms with Crippen LogP contribution in [0.1, 0.15) is 22.5 Å². The van der Waals surface area contributed by atoms with Gasteiger partial charge in [-0.1, -0.05) is 133 Å². The molecule has 1 atom stereocenters. The standard InChI is InChI=1S/C47H29NO/c1-2-13-32(14-3-1)48(33-24-26-36-31(28-33)23-22-30-12-4-5-15-35(30)36)34-25-27-38-37-16-6-9-19-41(37)47(43(38)29-34)42-20-10-7-17-39(42)45-40-18-8-11-21-44(40)49-46(45)47/h1-29H. The summed E-state index contributed by atoms with van der Waals surface area (Å²) in [7, 11) is 0. The predicted octanol–water partition coefficient (Wildman–Crippen LogP) is 12.6. The van der Waals surface area contributed by atoms with Crippen LogP contribution in [-0.2, 0) is 5.41 Å². The molecule has 0 aliphatic heterocycles. The summed E-state index contributed by atoms with van der Waals surface area (Å²) in [6, 6.07) is 64.0. The van der Waals surface area contributed by atoms with E-state index in [9.17, 15) is 0 Å². The van der Waals surface area contributed by atoms with E-state index in [0.29, 0.717) is 0 Å². The highest BCUT2D eigenvalue weighted by molar-refractivity contribution is 6.09. The molecular weight excluding hydrogens is 595 g/mol. The van der Waals surface area contributed by atoms with E-state index in [1.165, 1.54) is 65.9 Å². The zero-order valence-corrected chi connectivity index (χ0v) is 26.6. The average molecular weight is 624 g/mol. The lowest BCUT2D eigenvalue weighted by Crippen LogP contribution is -2.25. The number of fused-ring (bicyclic) bond motifs is 15. The van der Waals surface area contributed by atoms with Crippen LogP contribution in [0.4, 0.5) is 17.1 Å². The van der Waals surface area contributed by atoms with E-state index < -0.39 is 5.41 Å². The van der Waals surface area contributed by atoms with Gasteiger partial charge in [0.15, 0.2) is 0 Å². The van der Waals surface area contributed by atoms with Crippen molar-refractivity contribution in [2.24, 2.45) is 0 Å². The summed E-state index contributed by atoms with van der Waals surface area (Å²) in [4.78, 5) is 2.39. The molecule has 2 aliphatic rings. The summed E-state index contributed by atoms with van der Waals surface area (Å²) in [5, 5.41) is 6.18. The second kappa shape index (κ2) is 9.82. The first kappa shape index (κ1) is 26.7. The van der Waals surface area contributed by atoms with Crippen LogP contribution in [0, 0.1) is 0 Å². The second-order valence-corrected chi connectivity index (χ2v) is 13.2. The second-order valence-electron chi connectivity index (χ2n) is 13.2. The molecule has 0 bridgehead atoms. The van der Waals surface area contributed by atoms with Crippen molar-refractivity contribution in [3.8, 4) is 22.3 Å². The Hall–Kier alpha value is -6.38. The van der Waals surface area contributed by atoms with Gasteiger partial charge >= 0.3 is 0 Å². The molecule has 0 saturated heterocycles. The van der Waals surface area contributed by atoms with Crippen molar-refractivity contribution in [2.75, 3.05) is 4.90 Å². The number of nitrogens with zero attached hydrogens (tertiary/aromatic N) is 1. The summed E-state index contributed by atoms with van der Waals surface area (Å²) in [5.41, 5.74) is 12.5. The summed E-state index contributed by atoms with van der Waals surface area (Å²) in [5.74, 6) is 1.02. The van der Waals surface area contributed by atoms with Gasteiger partial charge in [-0.3, -0.25) is 0 Å². The van der Waals surface area contributed by atoms with Gasteiger partial charge in [0, 0.05) is 28.0 Å². The van der Waals surface area contributed by atoms with Gasteiger partial charge in [0.05, 0.1) is 0 Å². The molecule has 0 N–H and O–H groups in total. The molecular formula is C47H29NO. The first-order valence-corrected chi connectivity index (χ1v) is 16.9. The maximum absolute atomic E-state index is 6.98. The van der Waals surface area contributed by atoms with Gasteiger partial charge < -0.3 is 9.32 Å². The Morgan fingerprint density at radius 2 is 1.00 bits per heavy atom. The van der Waals surface area contributed by atoms with Crippen LogP contribution >= 0.6 is 0 Å². The maximum atomic E-state index is 6.98. The lowest BCUT2D eigenvalue weighted by Gasteiger charge is -2.30. The largest absolute Gasteiger partial charge is 0.459 e. The minimum atomic E-state index is -0.572. The molecule has 228 valence electrons. The van der Waals surface area contributed by atoms with Crippen LogP contribution in [0.3, 0.4) is 0 Å². The average Bonchev–Trinajstić information content (AvgIpc) is 3.79. The van der Waals surface area contributed by atoms with Crippen LogP contribution < -0.4 is 4.90 Å².